The first kappa shape index (κ1) is 13.9. The number of nitrogens with two attached hydrogens (primary N) is 1. The smallest absolute Gasteiger partial charge is 0.238 e. The molecule has 1 aromatic carbocycles. The number of carbonyl (C=O) groups is 1. The van der Waals surface area contributed by atoms with E-state index in [0.717, 1.165) is 30.3 Å². The van der Waals surface area contributed by atoms with Crippen molar-refractivity contribution in [1.82, 2.24) is 4.90 Å². The van der Waals surface area contributed by atoms with Crippen LogP contribution in [0.4, 0.5) is 11.4 Å². The van der Waals surface area contributed by atoms with Crippen molar-refractivity contribution >= 4 is 17.3 Å². The Morgan fingerprint density at radius 2 is 2.11 bits per heavy atom. The predicted octanol–water partition coefficient (Wildman–Crippen LogP) is 2.25. The maximum absolute atomic E-state index is 12.0. The second-order valence-corrected chi connectivity index (χ2v) is 5.53. The summed E-state index contributed by atoms with van der Waals surface area (Å²) in [5, 5.41) is 2.95. The van der Waals surface area contributed by atoms with Crippen LogP contribution in [0.1, 0.15) is 25.3 Å². The quantitative estimate of drug-likeness (QED) is 0.820. The van der Waals surface area contributed by atoms with Gasteiger partial charge in [0, 0.05) is 11.4 Å². The van der Waals surface area contributed by atoms with Crippen LogP contribution in [-0.4, -0.2) is 30.4 Å². The Morgan fingerprint density at radius 1 is 1.42 bits per heavy atom. The van der Waals surface area contributed by atoms with Gasteiger partial charge in [-0.15, -0.1) is 0 Å². The van der Waals surface area contributed by atoms with E-state index < -0.39 is 0 Å². The van der Waals surface area contributed by atoms with Crippen molar-refractivity contribution < 1.29 is 4.79 Å². The first-order valence-corrected chi connectivity index (χ1v) is 6.93. The monoisotopic (exact) mass is 261 g/mol. The number of likely N-dealkylation sites (tertiary alicyclic amines) is 1. The van der Waals surface area contributed by atoms with Crippen molar-refractivity contribution in [1.29, 1.82) is 0 Å². The standard InChI is InChI=1S/C15H23N3O/c1-11-6-8-18(9-7-11)10-15(19)17-14-5-3-4-13(16)12(14)2/h3-5,11H,6-10,16H2,1-2H3,(H,17,19). The van der Waals surface area contributed by atoms with E-state index in [1.54, 1.807) is 0 Å². The molecule has 1 aliphatic rings. The molecule has 1 amide bonds. The zero-order valence-electron chi connectivity index (χ0n) is 11.8. The fourth-order valence-electron chi connectivity index (χ4n) is 2.40. The number of hydrogen-bond acceptors (Lipinski definition) is 3. The third-order valence-electron chi connectivity index (χ3n) is 3.89. The summed E-state index contributed by atoms with van der Waals surface area (Å²) in [6.07, 6.45) is 2.37. The zero-order chi connectivity index (χ0) is 13.8. The lowest BCUT2D eigenvalue weighted by molar-refractivity contribution is -0.117. The summed E-state index contributed by atoms with van der Waals surface area (Å²) in [7, 11) is 0. The number of carbonyl (C=O) groups excluding carboxylic acids is 1. The molecule has 0 spiro atoms. The Morgan fingerprint density at radius 3 is 2.79 bits per heavy atom. The molecule has 1 aromatic rings. The van der Waals surface area contributed by atoms with Crippen molar-refractivity contribution in [3.05, 3.63) is 23.8 Å². The summed E-state index contributed by atoms with van der Waals surface area (Å²) in [6, 6.07) is 5.60. The number of amides is 1. The molecular weight excluding hydrogens is 238 g/mol. The molecule has 4 nitrogen and oxygen atoms in total. The largest absolute Gasteiger partial charge is 0.398 e. The fourth-order valence-corrected chi connectivity index (χ4v) is 2.40. The van der Waals surface area contributed by atoms with Crippen molar-refractivity contribution in [2.75, 3.05) is 30.7 Å². The molecule has 0 bridgehead atoms. The molecule has 0 aromatic heterocycles. The summed E-state index contributed by atoms with van der Waals surface area (Å²) < 4.78 is 0. The molecule has 2 rings (SSSR count). The normalized spacial score (nSPS) is 17.4. The Kier molecular flexibility index (Phi) is 4.43. The summed E-state index contributed by atoms with van der Waals surface area (Å²) in [4.78, 5) is 14.3. The van der Waals surface area contributed by atoms with Gasteiger partial charge in [-0.3, -0.25) is 9.69 Å². The molecular formula is C15H23N3O. The lowest BCUT2D eigenvalue weighted by Crippen LogP contribution is -2.38. The molecule has 3 N–H and O–H groups in total. The maximum atomic E-state index is 12.0. The minimum atomic E-state index is 0.0447. The van der Waals surface area contributed by atoms with Gasteiger partial charge in [-0.25, -0.2) is 0 Å². The second-order valence-electron chi connectivity index (χ2n) is 5.53. The van der Waals surface area contributed by atoms with Crippen LogP contribution in [0.2, 0.25) is 0 Å². The number of nitrogens with one attached hydrogen (secondary N) is 1. The van der Waals surface area contributed by atoms with Gasteiger partial charge in [-0.1, -0.05) is 13.0 Å². The van der Waals surface area contributed by atoms with Crippen LogP contribution in [0.3, 0.4) is 0 Å². The van der Waals surface area contributed by atoms with Gasteiger partial charge in [-0.2, -0.15) is 0 Å². The number of nitrogen functional groups attached to an aromatic ring is 1. The highest BCUT2D eigenvalue weighted by Gasteiger charge is 2.18. The summed E-state index contributed by atoms with van der Waals surface area (Å²) in [5.41, 5.74) is 8.30. The summed E-state index contributed by atoms with van der Waals surface area (Å²) in [6.45, 7) is 6.71. The minimum Gasteiger partial charge on any atom is -0.398 e. The second kappa shape index (κ2) is 6.06. The van der Waals surface area contributed by atoms with Crippen molar-refractivity contribution in [2.24, 2.45) is 5.92 Å². The number of anilines is 2. The van der Waals surface area contributed by atoms with Gasteiger partial charge in [-0.05, 0) is 56.5 Å². The maximum Gasteiger partial charge on any atom is 0.238 e. The number of benzene rings is 1. The predicted molar refractivity (Wildman–Crippen MR) is 79.1 cm³/mol. The van der Waals surface area contributed by atoms with E-state index in [1.165, 1.54) is 12.8 Å². The van der Waals surface area contributed by atoms with Gasteiger partial charge in [0.15, 0.2) is 0 Å². The molecule has 0 saturated carbocycles. The molecule has 104 valence electrons. The van der Waals surface area contributed by atoms with E-state index in [2.05, 4.69) is 17.1 Å². The van der Waals surface area contributed by atoms with E-state index in [9.17, 15) is 4.79 Å². The first-order valence-electron chi connectivity index (χ1n) is 6.93. The Balaban J connectivity index is 1.89. The zero-order valence-corrected chi connectivity index (χ0v) is 11.8. The van der Waals surface area contributed by atoms with Gasteiger partial charge >= 0.3 is 0 Å². The highest BCUT2D eigenvalue weighted by atomic mass is 16.2. The molecule has 0 atom stereocenters. The van der Waals surface area contributed by atoms with E-state index >= 15 is 0 Å². The Bertz CT molecular complexity index is 451. The summed E-state index contributed by atoms with van der Waals surface area (Å²) in [5.74, 6) is 0.832. The first-order chi connectivity index (χ1) is 9.06. The summed E-state index contributed by atoms with van der Waals surface area (Å²) >= 11 is 0. The van der Waals surface area contributed by atoms with Crippen LogP contribution in [0.5, 0.6) is 0 Å². The van der Waals surface area contributed by atoms with Crippen molar-refractivity contribution in [2.45, 2.75) is 26.7 Å². The Labute approximate surface area is 115 Å². The molecule has 1 fully saturated rings. The minimum absolute atomic E-state index is 0.0447. The van der Waals surface area contributed by atoms with E-state index in [1.807, 2.05) is 25.1 Å². The number of piperidine rings is 1. The van der Waals surface area contributed by atoms with Crippen LogP contribution in [0, 0.1) is 12.8 Å². The third-order valence-corrected chi connectivity index (χ3v) is 3.89. The van der Waals surface area contributed by atoms with Gasteiger partial charge in [0.25, 0.3) is 0 Å². The SMILES string of the molecule is Cc1c(N)cccc1NC(=O)CN1CCC(C)CC1. The molecule has 4 heteroatoms. The lowest BCUT2D eigenvalue weighted by Gasteiger charge is -2.29. The van der Waals surface area contributed by atoms with E-state index in [0.29, 0.717) is 12.2 Å². The van der Waals surface area contributed by atoms with Gasteiger partial charge in [0.1, 0.15) is 0 Å². The molecule has 0 aliphatic carbocycles. The highest BCUT2D eigenvalue weighted by Crippen LogP contribution is 2.20. The molecule has 0 unspecified atom stereocenters. The van der Waals surface area contributed by atoms with E-state index in [4.69, 9.17) is 5.73 Å². The van der Waals surface area contributed by atoms with Gasteiger partial charge in [0.05, 0.1) is 6.54 Å². The topological polar surface area (TPSA) is 58.4 Å². The Hall–Kier alpha value is -1.55. The fraction of sp³-hybridized carbons (Fsp3) is 0.533. The van der Waals surface area contributed by atoms with Crippen LogP contribution in [0.15, 0.2) is 18.2 Å². The number of rotatable bonds is 3. The highest BCUT2D eigenvalue weighted by molar-refractivity contribution is 5.93. The molecule has 19 heavy (non-hydrogen) atoms. The number of nitrogens with zero attached hydrogens (tertiary/aromatic N) is 1. The van der Waals surface area contributed by atoms with Gasteiger partial charge in [0.2, 0.25) is 5.91 Å². The molecule has 0 radical (unpaired) electrons. The van der Waals surface area contributed by atoms with Crippen molar-refractivity contribution in [3.63, 3.8) is 0 Å². The molecule has 1 saturated heterocycles. The average molecular weight is 261 g/mol. The van der Waals surface area contributed by atoms with Crippen LogP contribution in [-0.2, 0) is 4.79 Å². The lowest BCUT2D eigenvalue weighted by atomic mass is 9.99. The number of hydrogen-bond donors (Lipinski definition) is 2. The van der Waals surface area contributed by atoms with Gasteiger partial charge < -0.3 is 11.1 Å². The van der Waals surface area contributed by atoms with E-state index in [-0.39, 0.29) is 5.91 Å². The molecule has 1 aliphatic heterocycles. The van der Waals surface area contributed by atoms with Crippen molar-refractivity contribution in [3.8, 4) is 0 Å². The van der Waals surface area contributed by atoms with Crippen LogP contribution >= 0.6 is 0 Å². The average Bonchev–Trinajstić information content (AvgIpc) is 2.38. The van der Waals surface area contributed by atoms with Crippen LogP contribution < -0.4 is 11.1 Å². The van der Waals surface area contributed by atoms with Crippen LogP contribution in [0.25, 0.3) is 0 Å². The third kappa shape index (κ3) is 3.70. The molecule has 1 heterocycles.